The molecule has 0 heterocycles. The van der Waals surface area contributed by atoms with Gasteiger partial charge in [0, 0.05) is 4.90 Å². The maximum absolute atomic E-state index is 12.2. The van der Waals surface area contributed by atoms with E-state index < -0.39 is 5.76 Å². The summed E-state index contributed by atoms with van der Waals surface area (Å²) in [6, 6.07) is 7.29. The molecule has 0 aliphatic rings. The van der Waals surface area contributed by atoms with Gasteiger partial charge in [-0.2, -0.15) is 8.78 Å². The van der Waals surface area contributed by atoms with Gasteiger partial charge in [-0.3, -0.25) is 0 Å². The van der Waals surface area contributed by atoms with Gasteiger partial charge < -0.3 is 5.32 Å². The van der Waals surface area contributed by atoms with E-state index in [1.807, 2.05) is 19.2 Å². The van der Waals surface area contributed by atoms with Gasteiger partial charge in [0.2, 0.25) is 0 Å². The lowest BCUT2D eigenvalue weighted by Gasteiger charge is -2.07. The first-order valence-electron chi connectivity index (χ1n) is 4.41. The molecule has 0 atom stereocenters. The van der Waals surface area contributed by atoms with Crippen LogP contribution in [0.5, 0.6) is 0 Å². The van der Waals surface area contributed by atoms with Gasteiger partial charge in [0.25, 0.3) is 5.76 Å². The summed E-state index contributed by atoms with van der Waals surface area (Å²) in [4.78, 5) is 0.678. The molecule has 78 valence electrons. The summed E-state index contributed by atoms with van der Waals surface area (Å²) in [5, 5.41) is 3.00. The minimum atomic E-state index is -2.34. The maximum Gasteiger partial charge on any atom is 0.288 e. The largest absolute Gasteiger partial charge is 0.319 e. The predicted molar refractivity (Wildman–Crippen MR) is 55.9 cm³/mol. The van der Waals surface area contributed by atoms with E-state index in [-0.39, 0.29) is 0 Å². The Hall–Kier alpha value is -0.610. The monoisotopic (exact) mass is 217 g/mol. The third-order valence-corrected chi connectivity index (χ3v) is 2.66. The molecule has 0 unspecified atom stereocenters. The second kappa shape index (κ2) is 5.98. The molecule has 1 N–H and O–H groups in total. The fourth-order valence-electron chi connectivity index (χ4n) is 1.18. The molecule has 1 aromatic carbocycles. The zero-order valence-corrected chi connectivity index (χ0v) is 8.78. The summed E-state index contributed by atoms with van der Waals surface area (Å²) in [7, 11) is 1.85. The van der Waals surface area contributed by atoms with Gasteiger partial charge in [-0.1, -0.05) is 30.0 Å². The molecule has 0 aliphatic heterocycles. The molecule has 0 saturated carbocycles. The van der Waals surface area contributed by atoms with E-state index >= 15 is 0 Å². The van der Waals surface area contributed by atoms with Crippen LogP contribution in [0.15, 0.2) is 29.2 Å². The molecule has 0 bridgehead atoms. The Morgan fingerprint density at radius 3 is 2.71 bits per heavy atom. The highest BCUT2D eigenvalue weighted by Gasteiger charge is 2.08. The average molecular weight is 217 g/mol. The lowest BCUT2D eigenvalue weighted by atomic mass is 10.1. The SMILES string of the molecule is CNCCc1ccccc1SC(F)F. The molecule has 0 aliphatic carbocycles. The van der Waals surface area contributed by atoms with Crippen LogP contribution in [0, 0.1) is 0 Å². The van der Waals surface area contributed by atoms with Crippen LogP contribution in [0.25, 0.3) is 0 Å². The quantitative estimate of drug-likeness (QED) is 0.761. The fourth-order valence-corrected chi connectivity index (χ4v) is 1.85. The number of likely N-dealkylation sites (N-methyl/N-ethyl adjacent to an activating group) is 1. The molecule has 14 heavy (non-hydrogen) atoms. The van der Waals surface area contributed by atoms with Crippen LogP contribution < -0.4 is 5.32 Å². The zero-order valence-electron chi connectivity index (χ0n) is 7.97. The van der Waals surface area contributed by atoms with Crippen LogP contribution in [0.4, 0.5) is 8.78 Å². The van der Waals surface area contributed by atoms with Crippen molar-refractivity contribution in [2.24, 2.45) is 0 Å². The van der Waals surface area contributed by atoms with Crippen molar-refractivity contribution in [1.29, 1.82) is 0 Å². The molecular formula is C10H13F2NS. The number of nitrogens with one attached hydrogen (secondary N) is 1. The van der Waals surface area contributed by atoms with Crippen LogP contribution in [-0.2, 0) is 6.42 Å². The highest BCUT2D eigenvalue weighted by Crippen LogP contribution is 2.28. The van der Waals surface area contributed by atoms with Gasteiger partial charge in [-0.05, 0) is 31.6 Å². The second-order valence-electron chi connectivity index (χ2n) is 2.84. The van der Waals surface area contributed by atoms with Crippen molar-refractivity contribution in [3.05, 3.63) is 29.8 Å². The Balaban J connectivity index is 2.69. The van der Waals surface area contributed by atoms with Gasteiger partial charge in [-0.25, -0.2) is 0 Å². The van der Waals surface area contributed by atoms with Crippen molar-refractivity contribution in [2.45, 2.75) is 17.1 Å². The number of rotatable bonds is 5. The number of hydrogen-bond donors (Lipinski definition) is 1. The molecule has 0 spiro atoms. The Bertz CT molecular complexity index is 279. The van der Waals surface area contributed by atoms with Crippen LogP contribution in [0.1, 0.15) is 5.56 Å². The minimum Gasteiger partial charge on any atom is -0.319 e. The standard InChI is InChI=1S/C10H13F2NS/c1-13-7-6-8-4-2-3-5-9(8)14-10(11)12/h2-5,10,13H,6-7H2,1H3. The first kappa shape index (κ1) is 11.5. The minimum absolute atomic E-state index is 0.614. The summed E-state index contributed by atoms with van der Waals surface area (Å²) in [5.41, 5.74) is 0.979. The van der Waals surface area contributed by atoms with Crippen molar-refractivity contribution >= 4 is 11.8 Å². The topological polar surface area (TPSA) is 12.0 Å². The van der Waals surface area contributed by atoms with E-state index in [4.69, 9.17) is 0 Å². The van der Waals surface area contributed by atoms with Crippen molar-refractivity contribution in [3.8, 4) is 0 Å². The van der Waals surface area contributed by atoms with E-state index in [0.717, 1.165) is 18.5 Å². The summed E-state index contributed by atoms with van der Waals surface area (Å²) in [6.45, 7) is 0.806. The van der Waals surface area contributed by atoms with Crippen LogP contribution >= 0.6 is 11.8 Å². The molecule has 0 saturated heterocycles. The molecule has 1 aromatic rings. The fraction of sp³-hybridized carbons (Fsp3) is 0.400. The van der Waals surface area contributed by atoms with E-state index in [2.05, 4.69) is 5.32 Å². The van der Waals surface area contributed by atoms with Crippen LogP contribution in [-0.4, -0.2) is 19.3 Å². The van der Waals surface area contributed by atoms with Gasteiger partial charge in [0.15, 0.2) is 0 Å². The Kier molecular flexibility index (Phi) is 4.90. The molecular weight excluding hydrogens is 204 g/mol. The molecule has 1 nitrogen and oxygen atoms in total. The second-order valence-corrected chi connectivity index (χ2v) is 3.87. The van der Waals surface area contributed by atoms with Crippen LogP contribution in [0.3, 0.4) is 0 Å². The summed E-state index contributed by atoms with van der Waals surface area (Å²) < 4.78 is 24.3. The summed E-state index contributed by atoms with van der Waals surface area (Å²) in [5.74, 6) is -2.34. The summed E-state index contributed by atoms with van der Waals surface area (Å²) >= 11 is 0.614. The van der Waals surface area contributed by atoms with Crippen LogP contribution in [0.2, 0.25) is 0 Å². The molecule has 0 radical (unpaired) electrons. The van der Waals surface area contributed by atoms with Gasteiger partial charge in [0.05, 0.1) is 0 Å². The highest BCUT2D eigenvalue weighted by molar-refractivity contribution is 7.99. The van der Waals surface area contributed by atoms with E-state index in [0.29, 0.717) is 16.7 Å². The normalized spacial score (nSPS) is 10.9. The molecule has 0 fully saturated rings. The van der Waals surface area contributed by atoms with Crippen molar-refractivity contribution in [1.82, 2.24) is 5.32 Å². The number of benzene rings is 1. The number of halogens is 2. The predicted octanol–water partition coefficient (Wildman–Crippen LogP) is 2.76. The molecule has 0 aromatic heterocycles. The molecule has 0 amide bonds. The first-order chi connectivity index (χ1) is 6.74. The third-order valence-electron chi connectivity index (χ3n) is 1.83. The van der Waals surface area contributed by atoms with Crippen molar-refractivity contribution in [3.63, 3.8) is 0 Å². The lowest BCUT2D eigenvalue weighted by Crippen LogP contribution is -2.10. The van der Waals surface area contributed by atoms with Gasteiger partial charge in [-0.15, -0.1) is 0 Å². The van der Waals surface area contributed by atoms with Gasteiger partial charge in [0.1, 0.15) is 0 Å². The first-order valence-corrected chi connectivity index (χ1v) is 5.29. The molecule has 1 rings (SSSR count). The average Bonchev–Trinajstić information content (AvgIpc) is 2.16. The number of hydrogen-bond acceptors (Lipinski definition) is 2. The van der Waals surface area contributed by atoms with E-state index in [9.17, 15) is 8.78 Å². The Morgan fingerprint density at radius 1 is 1.36 bits per heavy atom. The van der Waals surface area contributed by atoms with Crippen molar-refractivity contribution < 1.29 is 8.78 Å². The molecule has 4 heteroatoms. The van der Waals surface area contributed by atoms with Crippen molar-refractivity contribution in [2.75, 3.05) is 13.6 Å². The third kappa shape index (κ3) is 3.64. The Morgan fingerprint density at radius 2 is 2.07 bits per heavy atom. The smallest absolute Gasteiger partial charge is 0.288 e. The summed E-state index contributed by atoms with van der Waals surface area (Å²) in [6.07, 6.45) is 0.784. The lowest BCUT2D eigenvalue weighted by molar-refractivity contribution is 0.252. The number of thioether (sulfide) groups is 1. The van der Waals surface area contributed by atoms with E-state index in [1.54, 1.807) is 12.1 Å². The zero-order chi connectivity index (χ0) is 10.4. The Labute approximate surface area is 86.9 Å². The van der Waals surface area contributed by atoms with E-state index in [1.165, 1.54) is 0 Å². The van der Waals surface area contributed by atoms with Gasteiger partial charge >= 0.3 is 0 Å². The highest BCUT2D eigenvalue weighted by atomic mass is 32.2. The maximum atomic E-state index is 12.2. The number of alkyl halides is 2.